The molecule has 11 aromatic carbocycles. The number of fused-ring (bicyclic) bond motifs is 5. The highest BCUT2D eigenvalue weighted by molar-refractivity contribution is 6.00. The van der Waals surface area contributed by atoms with Gasteiger partial charge < -0.3 is 8.83 Å². The molecule has 6 nitrogen and oxygen atoms in total. The number of hydrogen-bond donors (Lipinski definition) is 0. The lowest BCUT2D eigenvalue weighted by Crippen LogP contribution is -1.97. The molecule has 6 heteroatoms. The van der Waals surface area contributed by atoms with Crippen LogP contribution in [0.15, 0.2) is 251 Å². The highest BCUT2D eigenvalue weighted by Gasteiger charge is 2.19. The molecule has 0 N–H and O–H groups in total. The van der Waals surface area contributed by atoms with Gasteiger partial charge in [0.05, 0.1) is 22.4 Å². The van der Waals surface area contributed by atoms with Gasteiger partial charge in [-0.25, -0.2) is 19.9 Å². The van der Waals surface area contributed by atoms with Crippen LogP contribution >= 0.6 is 0 Å². The minimum Gasteiger partial charge on any atom is -0.436 e. The molecule has 0 aliphatic rings. The van der Waals surface area contributed by atoms with Crippen LogP contribution in [0.3, 0.4) is 0 Å². The van der Waals surface area contributed by atoms with Crippen LogP contribution in [0.5, 0.6) is 0 Å². The number of nitrogens with zero attached hydrogens (tertiary/aromatic N) is 4. The fourth-order valence-electron chi connectivity index (χ4n) is 9.94. The first-order chi connectivity index (χ1) is 35.6. The molecule has 0 radical (unpaired) electrons. The molecule has 0 amide bonds. The van der Waals surface area contributed by atoms with Crippen LogP contribution in [0.4, 0.5) is 0 Å². The average molecular weight is 921 g/mol. The normalized spacial score (nSPS) is 11.6. The van der Waals surface area contributed by atoms with Crippen molar-refractivity contribution in [3.63, 3.8) is 0 Å². The molecule has 0 atom stereocenters. The topological polar surface area (TPSA) is 77.8 Å². The second kappa shape index (κ2) is 17.0. The predicted octanol–water partition coefficient (Wildman–Crippen LogP) is 17.6. The summed E-state index contributed by atoms with van der Waals surface area (Å²) in [6.07, 6.45) is 0. The van der Waals surface area contributed by atoms with Gasteiger partial charge in [0.1, 0.15) is 11.0 Å². The first kappa shape index (κ1) is 41.2. The van der Waals surface area contributed by atoms with Gasteiger partial charge in [0, 0.05) is 22.3 Å². The molecule has 0 saturated heterocycles. The van der Waals surface area contributed by atoms with Crippen molar-refractivity contribution in [2.24, 2.45) is 0 Å². The Kier molecular flexibility index (Phi) is 9.74. The molecule has 0 fully saturated rings. The van der Waals surface area contributed by atoms with Gasteiger partial charge in [-0.15, -0.1) is 0 Å². The molecule has 3 heterocycles. The Bertz CT molecular complexity index is 4010. The zero-order valence-corrected chi connectivity index (χ0v) is 38.7. The van der Waals surface area contributed by atoms with E-state index >= 15 is 0 Å². The van der Waals surface area contributed by atoms with Gasteiger partial charge in [0.2, 0.25) is 11.8 Å². The quantitative estimate of drug-likeness (QED) is 0.151. The lowest BCUT2D eigenvalue weighted by molar-refractivity contribution is 0.619. The molecule has 0 aliphatic carbocycles. The summed E-state index contributed by atoms with van der Waals surface area (Å²) < 4.78 is 12.1. The maximum absolute atomic E-state index is 6.06. The van der Waals surface area contributed by atoms with Gasteiger partial charge in [-0.05, 0) is 139 Å². The van der Waals surface area contributed by atoms with E-state index in [1.54, 1.807) is 0 Å². The van der Waals surface area contributed by atoms with E-state index in [1.165, 1.54) is 21.5 Å². The smallest absolute Gasteiger partial charge is 0.227 e. The highest BCUT2D eigenvalue weighted by Crippen LogP contribution is 2.41. The number of oxazole rings is 2. The van der Waals surface area contributed by atoms with E-state index in [0.29, 0.717) is 11.8 Å². The van der Waals surface area contributed by atoms with Crippen molar-refractivity contribution in [1.82, 2.24) is 19.9 Å². The van der Waals surface area contributed by atoms with Crippen molar-refractivity contribution in [3.05, 3.63) is 243 Å². The van der Waals surface area contributed by atoms with Gasteiger partial charge in [-0.2, -0.15) is 0 Å². The highest BCUT2D eigenvalue weighted by atomic mass is 16.4. The molecule has 14 aromatic rings. The summed E-state index contributed by atoms with van der Waals surface area (Å²) in [5, 5.41) is 4.77. The molecule has 14 rings (SSSR count). The number of benzene rings is 11. The van der Waals surface area contributed by atoms with Crippen LogP contribution in [0.25, 0.3) is 145 Å². The van der Waals surface area contributed by atoms with Crippen molar-refractivity contribution in [3.8, 4) is 89.9 Å². The third kappa shape index (κ3) is 7.46. The second-order valence-electron chi connectivity index (χ2n) is 18.2. The van der Waals surface area contributed by atoms with Crippen molar-refractivity contribution in [2.45, 2.75) is 0 Å². The molecule has 0 saturated carbocycles. The van der Waals surface area contributed by atoms with Gasteiger partial charge >= 0.3 is 0 Å². The van der Waals surface area contributed by atoms with Gasteiger partial charge in [-0.1, -0.05) is 170 Å². The van der Waals surface area contributed by atoms with Crippen molar-refractivity contribution < 1.29 is 8.83 Å². The van der Waals surface area contributed by atoms with Crippen LogP contribution in [0.1, 0.15) is 0 Å². The first-order valence-electron chi connectivity index (χ1n) is 24.1. The zero-order valence-electron chi connectivity index (χ0n) is 38.7. The molecule has 3 aromatic heterocycles. The number of hydrogen-bond acceptors (Lipinski definition) is 6. The van der Waals surface area contributed by atoms with Crippen molar-refractivity contribution in [1.29, 1.82) is 0 Å². The summed E-state index contributed by atoms with van der Waals surface area (Å²) in [5.74, 6) is 1.21. The number of rotatable bonds is 8. The van der Waals surface area contributed by atoms with E-state index in [1.807, 2.05) is 48.5 Å². The summed E-state index contributed by atoms with van der Waals surface area (Å²) in [5.41, 5.74) is 19.1. The van der Waals surface area contributed by atoms with E-state index < -0.39 is 0 Å². The molecule has 0 bridgehead atoms. The lowest BCUT2D eigenvalue weighted by Gasteiger charge is -2.16. The number of aromatic nitrogens is 4. The fraction of sp³-hybridized carbons (Fsp3) is 0. The minimum atomic E-state index is 0.607. The zero-order chi connectivity index (χ0) is 47.5. The van der Waals surface area contributed by atoms with E-state index in [9.17, 15) is 0 Å². The standard InChI is InChI=1S/C66H40N4O2/c1-3-11-51-37-53(35-25-41(51)9-1)55-39-59-60(40-56(55)54-36-26-42-10-2-4-12-52(42)38-54)68-64(48-29-19-44(20-30-48)46-23-33-50(34-24-46)66-70-58-14-6-8-16-62(58)72-66)63(67-59)47-27-17-43(18-28-47)45-21-31-49(32-22-45)65-69-57-13-5-7-15-61(57)71-65/h1-40H. The van der Waals surface area contributed by atoms with Crippen LogP contribution < -0.4 is 0 Å². The third-order valence-corrected chi connectivity index (χ3v) is 13.8. The Balaban J connectivity index is 0.879. The Morgan fingerprint density at radius 1 is 0.222 bits per heavy atom. The molecule has 336 valence electrons. The van der Waals surface area contributed by atoms with Crippen LogP contribution in [0.2, 0.25) is 0 Å². The molecular weight excluding hydrogens is 881 g/mol. The summed E-state index contributed by atoms with van der Waals surface area (Å²) in [7, 11) is 0. The maximum Gasteiger partial charge on any atom is 0.227 e. The maximum atomic E-state index is 6.06. The van der Waals surface area contributed by atoms with Crippen LogP contribution in [-0.2, 0) is 0 Å². The van der Waals surface area contributed by atoms with E-state index in [4.69, 9.17) is 28.8 Å². The van der Waals surface area contributed by atoms with Gasteiger partial charge in [-0.3, -0.25) is 0 Å². The number of para-hydroxylation sites is 4. The van der Waals surface area contributed by atoms with Crippen LogP contribution in [0, 0.1) is 0 Å². The Hall–Kier alpha value is -9.78. The molecule has 0 aliphatic heterocycles. The molecule has 0 spiro atoms. The first-order valence-corrected chi connectivity index (χ1v) is 24.1. The predicted molar refractivity (Wildman–Crippen MR) is 293 cm³/mol. The van der Waals surface area contributed by atoms with Crippen molar-refractivity contribution in [2.75, 3.05) is 0 Å². The van der Waals surface area contributed by atoms with E-state index in [-0.39, 0.29) is 0 Å². The van der Waals surface area contributed by atoms with E-state index in [0.717, 1.165) is 111 Å². The van der Waals surface area contributed by atoms with Gasteiger partial charge in [0.25, 0.3) is 0 Å². The van der Waals surface area contributed by atoms with Crippen molar-refractivity contribution >= 4 is 54.8 Å². The van der Waals surface area contributed by atoms with Crippen LogP contribution in [-0.4, -0.2) is 19.9 Å². The summed E-state index contributed by atoms with van der Waals surface area (Å²) in [6.45, 7) is 0. The van der Waals surface area contributed by atoms with E-state index in [2.05, 4.69) is 194 Å². The Morgan fingerprint density at radius 3 is 0.931 bits per heavy atom. The molecule has 72 heavy (non-hydrogen) atoms. The Labute approximate surface area is 414 Å². The minimum absolute atomic E-state index is 0.607. The monoisotopic (exact) mass is 920 g/mol. The average Bonchev–Trinajstić information content (AvgIpc) is 4.10. The third-order valence-electron chi connectivity index (χ3n) is 13.8. The SMILES string of the molecule is c1ccc2cc(-c3cc4nc(-c5ccc(-c6ccc(-c7nc8ccccc8o7)cc6)cc5)c(-c5ccc(-c6ccc(-c7nc8ccccc8o7)cc6)cc5)nc4cc3-c3ccc4ccccc4c3)ccc2c1. The summed E-state index contributed by atoms with van der Waals surface area (Å²) >= 11 is 0. The Morgan fingerprint density at radius 2 is 0.542 bits per heavy atom. The summed E-state index contributed by atoms with van der Waals surface area (Å²) in [6, 6.07) is 84.6. The van der Waals surface area contributed by atoms with Gasteiger partial charge in [0.15, 0.2) is 11.2 Å². The fourth-order valence-corrected chi connectivity index (χ4v) is 9.94. The summed E-state index contributed by atoms with van der Waals surface area (Å²) in [4.78, 5) is 20.5. The molecule has 0 unspecified atom stereocenters. The largest absolute Gasteiger partial charge is 0.436 e. The molecular formula is C66H40N4O2. The lowest BCUT2D eigenvalue weighted by atomic mass is 9.91. The second-order valence-corrected chi connectivity index (χ2v) is 18.2.